The minimum Gasteiger partial charge on any atom is -0.368 e. The van der Waals surface area contributed by atoms with Crippen LogP contribution in [-0.4, -0.2) is 38.3 Å². The summed E-state index contributed by atoms with van der Waals surface area (Å²) in [5.41, 5.74) is 0. The van der Waals surface area contributed by atoms with Crippen LogP contribution in [0.3, 0.4) is 0 Å². The third-order valence-corrected chi connectivity index (χ3v) is 5.38. The van der Waals surface area contributed by atoms with E-state index in [1.807, 2.05) is 0 Å². The first-order valence-electron chi connectivity index (χ1n) is 9.15. The lowest BCUT2D eigenvalue weighted by Crippen LogP contribution is -2.41. The molecule has 5 heteroatoms. The Morgan fingerprint density at radius 2 is 2.09 bits per heavy atom. The van der Waals surface area contributed by atoms with E-state index >= 15 is 0 Å². The van der Waals surface area contributed by atoms with Crippen LogP contribution in [-0.2, 0) is 9.53 Å². The third-order valence-electron chi connectivity index (χ3n) is 5.38. The number of nitrogens with one attached hydrogen (secondary N) is 2. The fourth-order valence-electron chi connectivity index (χ4n) is 3.90. The normalized spacial score (nSPS) is 31.5. The Hall–Kier alpha value is -0.320. The second-order valence-corrected chi connectivity index (χ2v) is 7.69. The Morgan fingerprint density at radius 3 is 2.74 bits per heavy atom. The number of ether oxygens (including phenoxy) is 1. The second-order valence-electron chi connectivity index (χ2n) is 7.69. The first-order chi connectivity index (χ1) is 10.6. The van der Waals surface area contributed by atoms with Gasteiger partial charge < -0.3 is 15.4 Å². The summed E-state index contributed by atoms with van der Waals surface area (Å²) in [5, 5.41) is 6.43. The molecule has 0 aromatic carbocycles. The number of carbonyl (C=O) groups excluding carboxylic acids is 1. The largest absolute Gasteiger partial charge is 0.368 e. The molecule has 1 aliphatic carbocycles. The van der Waals surface area contributed by atoms with Crippen molar-refractivity contribution in [1.82, 2.24) is 10.6 Å². The quantitative estimate of drug-likeness (QED) is 0.777. The lowest BCUT2D eigenvalue weighted by Gasteiger charge is -2.37. The van der Waals surface area contributed by atoms with E-state index in [0.29, 0.717) is 17.8 Å². The molecule has 1 saturated heterocycles. The van der Waals surface area contributed by atoms with E-state index in [9.17, 15) is 4.79 Å². The van der Waals surface area contributed by atoms with Gasteiger partial charge in [0, 0.05) is 6.54 Å². The van der Waals surface area contributed by atoms with Gasteiger partial charge in [-0.2, -0.15) is 0 Å². The Bertz CT molecular complexity index is 346. The highest BCUT2D eigenvalue weighted by Crippen LogP contribution is 2.35. The van der Waals surface area contributed by atoms with Crippen LogP contribution in [0.5, 0.6) is 0 Å². The van der Waals surface area contributed by atoms with E-state index in [0.717, 1.165) is 32.0 Å². The summed E-state index contributed by atoms with van der Waals surface area (Å²) >= 11 is 0. The summed E-state index contributed by atoms with van der Waals surface area (Å²) in [6.45, 7) is 9.98. The molecule has 0 spiro atoms. The van der Waals surface area contributed by atoms with E-state index in [4.69, 9.17) is 4.74 Å². The number of piperidine rings is 1. The topological polar surface area (TPSA) is 50.4 Å². The van der Waals surface area contributed by atoms with Crippen molar-refractivity contribution in [3.63, 3.8) is 0 Å². The Labute approximate surface area is 147 Å². The summed E-state index contributed by atoms with van der Waals surface area (Å²) in [7, 11) is 0. The van der Waals surface area contributed by atoms with Crippen molar-refractivity contribution in [2.75, 3.05) is 26.2 Å². The Morgan fingerprint density at radius 1 is 1.30 bits per heavy atom. The number of carbonyl (C=O) groups is 1. The van der Waals surface area contributed by atoms with Crippen LogP contribution in [0.2, 0.25) is 0 Å². The first-order valence-corrected chi connectivity index (χ1v) is 9.15. The van der Waals surface area contributed by atoms with E-state index < -0.39 is 0 Å². The van der Waals surface area contributed by atoms with E-state index in [1.54, 1.807) is 0 Å². The van der Waals surface area contributed by atoms with Gasteiger partial charge in [0.25, 0.3) is 0 Å². The molecule has 2 aliphatic rings. The van der Waals surface area contributed by atoms with Gasteiger partial charge in [0.15, 0.2) is 0 Å². The minimum absolute atomic E-state index is 0. The average molecular weight is 347 g/mol. The minimum atomic E-state index is 0. The summed E-state index contributed by atoms with van der Waals surface area (Å²) in [6.07, 6.45) is 6.31. The molecule has 1 aliphatic heterocycles. The zero-order chi connectivity index (χ0) is 15.9. The van der Waals surface area contributed by atoms with Gasteiger partial charge >= 0.3 is 0 Å². The molecule has 2 rings (SSSR count). The van der Waals surface area contributed by atoms with Crippen LogP contribution in [0.4, 0.5) is 0 Å². The summed E-state index contributed by atoms with van der Waals surface area (Å²) in [5.74, 6) is 2.58. The molecule has 136 valence electrons. The van der Waals surface area contributed by atoms with Crippen LogP contribution in [0, 0.1) is 23.7 Å². The lowest BCUT2D eigenvalue weighted by molar-refractivity contribution is -0.131. The molecule has 4 unspecified atom stereocenters. The number of hydrogen-bond donors (Lipinski definition) is 2. The van der Waals surface area contributed by atoms with Crippen LogP contribution in [0.25, 0.3) is 0 Å². The molecule has 0 aromatic rings. The zero-order valence-electron chi connectivity index (χ0n) is 15.0. The molecule has 1 saturated carbocycles. The smallest absolute Gasteiger partial charge is 0.246 e. The molecule has 1 heterocycles. The van der Waals surface area contributed by atoms with Gasteiger partial charge in [0.1, 0.15) is 6.61 Å². The molecule has 4 nitrogen and oxygen atoms in total. The Kier molecular flexibility index (Phi) is 9.48. The van der Waals surface area contributed by atoms with Crippen molar-refractivity contribution in [2.24, 2.45) is 23.7 Å². The first kappa shape index (κ1) is 20.7. The number of rotatable bonds is 6. The summed E-state index contributed by atoms with van der Waals surface area (Å²) in [6, 6.07) is 0. The van der Waals surface area contributed by atoms with Gasteiger partial charge in [0.05, 0.1) is 6.10 Å². The highest BCUT2D eigenvalue weighted by Gasteiger charge is 2.31. The molecule has 0 aromatic heterocycles. The fraction of sp³-hybridized carbons (Fsp3) is 0.944. The van der Waals surface area contributed by atoms with Crippen molar-refractivity contribution in [3.8, 4) is 0 Å². The standard InChI is InChI=1S/C18H34N2O2.ClH/c1-13(2)16-7-6-14(3)9-17(16)22-12-18(21)20-11-15-5-4-8-19-10-15;/h13-17,19H,4-12H2,1-3H3,(H,20,21);1H. The van der Waals surface area contributed by atoms with Crippen LogP contribution in [0.15, 0.2) is 0 Å². The molecule has 4 atom stereocenters. The predicted molar refractivity (Wildman–Crippen MR) is 96.9 cm³/mol. The predicted octanol–water partition coefficient (Wildman–Crippen LogP) is 3.00. The molecule has 23 heavy (non-hydrogen) atoms. The van der Waals surface area contributed by atoms with Crippen LogP contribution < -0.4 is 10.6 Å². The van der Waals surface area contributed by atoms with E-state index in [-0.39, 0.29) is 31.0 Å². The zero-order valence-corrected chi connectivity index (χ0v) is 15.8. The maximum Gasteiger partial charge on any atom is 0.246 e. The summed E-state index contributed by atoms with van der Waals surface area (Å²) in [4.78, 5) is 12.0. The van der Waals surface area contributed by atoms with Gasteiger partial charge in [-0.1, -0.05) is 27.2 Å². The van der Waals surface area contributed by atoms with E-state index in [1.165, 1.54) is 25.7 Å². The number of halogens is 1. The van der Waals surface area contributed by atoms with Gasteiger partial charge in [-0.25, -0.2) is 0 Å². The highest BCUT2D eigenvalue weighted by atomic mass is 35.5. The van der Waals surface area contributed by atoms with Crippen molar-refractivity contribution in [2.45, 2.75) is 59.0 Å². The van der Waals surface area contributed by atoms with Crippen LogP contribution >= 0.6 is 12.4 Å². The maximum absolute atomic E-state index is 12.0. The van der Waals surface area contributed by atoms with Crippen molar-refractivity contribution < 1.29 is 9.53 Å². The second kappa shape index (κ2) is 10.5. The third kappa shape index (κ3) is 6.98. The van der Waals surface area contributed by atoms with Gasteiger partial charge in [-0.05, 0) is 62.4 Å². The molecule has 0 bridgehead atoms. The van der Waals surface area contributed by atoms with Crippen molar-refractivity contribution >= 4 is 18.3 Å². The highest BCUT2D eigenvalue weighted by molar-refractivity contribution is 5.85. The number of amides is 1. The summed E-state index contributed by atoms with van der Waals surface area (Å²) < 4.78 is 6.00. The molecule has 0 radical (unpaired) electrons. The monoisotopic (exact) mass is 346 g/mol. The Balaban J connectivity index is 0.00000264. The fourth-order valence-corrected chi connectivity index (χ4v) is 3.90. The van der Waals surface area contributed by atoms with Gasteiger partial charge in [-0.3, -0.25) is 4.79 Å². The van der Waals surface area contributed by atoms with Crippen LogP contribution in [0.1, 0.15) is 52.9 Å². The van der Waals surface area contributed by atoms with Crippen molar-refractivity contribution in [3.05, 3.63) is 0 Å². The molecular formula is C18H35ClN2O2. The van der Waals surface area contributed by atoms with Gasteiger partial charge in [0.2, 0.25) is 5.91 Å². The van der Waals surface area contributed by atoms with E-state index in [2.05, 4.69) is 31.4 Å². The molecule has 2 N–H and O–H groups in total. The molecule has 2 fully saturated rings. The maximum atomic E-state index is 12.0. The van der Waals surface area contributed by atoms with Gasteiger partial charge in [-0.15, -0.1) is 12.4 Å². The van der Waals surface area contributed by atoms with Crippen molar-refractivity contribution in [1.29, 1.82) is 0 Å². The average Bonchev–Trinajstić information content (AvgIpc) is 2.51. The SMILES string of the molecule is CC1CCC(C(C)C)C(OCC(=O)NCC2CCCNC2)C1.Cl. The lowest BCUT2D eigenvalue weighted by atomic mass is 9.75. The molecular weight excluding hydrogens is 312 g/mol. The molecule has 1 amide bonds. The number of hydrogen-bond acceptors (Lipinski definition) is 3.